The zero-order valence-electron chi connectivity index (χ0n) is 9.97. The largest absolute Gasteiger partial charge is 0.480 e. The maximum absolute atomic E-state index is 10.6. The van der Waals surface area contributed by atoms with Crippen LogP contribution in [0.3, 0.4) is 0 Å². The van der Waals surface area contributed by atoms with E-state index in [0.29, 0.717) is 25.2 Å². The Labute approximate surface area is 113 Å². The minimum Gasteiger partial charge on any atom is -0.480 e. The summed E-state index contributed by atoms with van der Waals surface area (Å²) in [7, 11) is 0. The molecule has 0 fully saturated rings. The molecule has 0 unspecified atom stereocenters. The third-order valence-corrected chi connectivity index (χ3v) is 2.10. The standard InChI is InChI=1S/C9H19N3O3.2ClH/c1-7(12-15)11-6-4-3-5-9(2,10)8(13)14;;/h15H,3-6,10H2,1-2H3,(H,11,12)(H,13,14);2*1H/t9-;;/m0../s1. The van der Waals surface area contributed by atoms with E-state index in [-0.39, 0.29) is 24.8 Å². The van der Waals surface area contributed by atoms with Crippen LogP contribution in [-0.4, -0.2) is 34.2 Å². The predicted molar refractivity (Wildman–Crippen MR) is 71.5 cm³/mol. The molecule has 8 heteroatoms. The number of halogens is 2. The van der Waals surface area contributed by atoms with E-state index in [1.54, 1.807) is 6.92 Å². The van der Waals surface area contributed by atoms with E-state index in [0.717, 1.165) is 6.42 Å². The Morgan fingerprint density at radius 1 is 1.41 bits per heavy atom. The molecule has 0 aliphatic rings. The fourth-order valence-corrected chi connectivity index (χ4v) is 0.993. The monoisotopic (exact) mass is 289 g/mol. The molecule has 0 aliphatic heterocycles. The number of nitrogens with two attached hydrogens (primary N) is 1. The van der Waals surface area contributed by atoms with Crippen LogP contribution in [0, 0.1) is 0 Å². The van der Waals surface area contributed by atoms with Gasteiger partial charge in [0, 0.05) is 6.54 Å². The number of rotatable bonds is 6. The molecule has 0 bridgehead atoms. The molecular weight excluding hydrogens is 269 g/mol. The zero-order chi connectivity index (χ0) is 11.9. The van der Waals surface area contributed by atoms with E-state index < -0.39 is 11.5 Å². The van der Waals surface area contributed by atoms with Crippen LogP contribution in [0.5, 0.6) is 0 Å². The van der Waals surface area contributed by atoms with Crippen molar-refractivity contribution < 1.29 is 15.1 Å². The van der Waals surface area contributed by atoms with E-state index in [9.17, 15) is 4.79 Å². The van der Waals surface area contributed by atoms with Gasteiger partial charge in [-0.25, -0.2) is 0 Å². The smallest absolute Gasteiger partial charge is 0.323 e. The van der Waals surface area contributed by atoms with Gasteiger partial charge in [0.25, 0.3) is 0 Å². The minimum absolute atomic E-state index is 0. The number of carboxylic acid groups (broad SMARTS) is 1. The SMILES string of the molecule is CC(=NCCCC[C@](C)(N)C(=O)O)NO.Cl.Cl. The molecule has 0 rings (SSSR count). The van der Waals surface area contributed by atoms with E-state index in [2.05, 4.69) is 4.99 Å². The molecule has 0 radical (unpaired) electrons. The number of hydrogen-bond donors (Lipinski definition) is 4. The van der Waals surface area contributed by atoms with Crippen LogP contribution in [0.1, 0.15) is 33.1 Å². The van der Waals surface area contributed by atoms with Crippen molar-refractivity contribution in [1.29, 1.82) is 0 Å². The highest BCUT2D eigenvalue weighted by Gasteiger charge is 2.26. The van der Waals surface area contributed by atoms with Gasteiger partial charge < -0.3 is 10.8 Å². The molecule has 0 aliphatic carbocycles. The van der Waals surface area contributed by atoms with Crippen LogP contribution >= 0.6 is 24.8 Å². The molecule has 17 heavy (non-hydrogen) atoms. The zero-order valence-corrected chi connectivity index (χ0v) is 11.6. The average molecular weight is 290 g/mol. The Morgan fingerprint density at radius 2 is 1.94 bits per heavy atom. The van der Waals surface area contributed by atoms with Gasteiger partial charge in [0.1, 0.15) is 11.4 Å². The highest BCUT2D eigenvalue weighted by atomic mass is 35.5. The Bertz CT molecular complexity index is 248. The van der Waals surface area contributed by atoms with Crippen molar-refractivity contribution in [3.05, 3.63) is 0 Å². The molecule has 0 amide bonds. The summed E-state index contributed by atoms with van der Waals surface area (Å²) >= 11 is 0. The first-order valence-corrected chi connectivity index (χ1v) is 4.83. The number of unbranched alkanes of at least 4 members (excludes halogenated alkanes) is 1. The van der Waals surface area contributed by atoms with Crippen LogP contribution in [0.4, 0.5) is 0 Å². The van der Waals surface area contributed by atoms with Gasteiger partial charge in [-0.3, -0.25) is 20.5 Å². The highest BCUT2D eigenvalue weighted by Crippen LogP contribution is 2.10. The predicted octanol–water partition coefficient (Wildman–Crippen LogP) is 1.20. The van der Waals surface area contributed by atoms with Gasteiger partial charge in [0.2, 0.25) is 0 Å². The molecule has 0 saturated carbocycles. The molecule has 0 aromatic rings. The summed E-state index contributed by atoms with van der Waals surface area (Å²) in [6, 6.07) is 0. The summed E-state index contributed by atoms with van der Waals surface area (Å²) in [5.41, 5.74) is 6.30. The summed E-state index contributed by atoms with van der Waals surface area (Å²) < 4.78 is 0. The fraction of sp³-hybridized carbons (Fsp3) is 0.778. The summed E-state index contributed by atoms with van der Waals surface area (Å²) in [4.78, 5) is 14.6. The van der Waals surface area contributed by atoms with E-state index >= 15 is 0 Å². The van der Waals surface area contributed by atoms with Crippen LogP contribution in [-0.2, 0) is 4.79 Å². The van der Waals surface area contributed by atoms with Gasteiger partial charge in [-0.2, -0.15) is 0 Å². The first-order chi connectivity index (χ1) is 6.90. The Kier molecular flexibility index (Phi) is 13.5. The third kappa shape index (κ3) is 10.3. The second kappa shape index (κ2) is 10.6. The molecule has 5 N–H and O–H groups in total. The molecule has 0 heterocycles. The highest BCUT2D eigenvalue weighted by molar-refractivity contribution is 5.85. The maximum Gasteiger partial charge on any atom is 0.323 e. The lowest BCUT2D eigenvalue weighted by Crippen LogP contribution is -2.44. The number of aliphatic imine (C=N–C) groups is 1. The first kappa shape index (κ1) is 21.7. The van der Waals surface area contributed by atoms with Crippen LogP contribution in [0.25, 0.3) is 0 Å². The topological polar surface area (TPSA) is 108 Å². The maximum atomic E-state index is 10.6. The van der Waals surface area contributed by atoms with Crippen molar-refractivity contribution in [3.63, 3.8) is 0 Å². The third-order valence-electron chi connectivity index (χ3n) is 2.10. The van der Waals surface area contributed by atoms with Gasteiger partial charge in [-0.1, -0.05) is 0 Å². The normalized spacial score (nSPS) is 14.0. The quantitative estimate of drug-likeness (QED) is 0.254. The molecule has 0 saturated heterocycles. The van der Waals surface area contributed by atoms with Crippen molar-refractivity contribution >= 4 is 36.6 Å². The molecule has 6 nitrogen and oxygen atoms in total. The lowest BCUT2D eigenvalue weighted by molar-refractivity contribution is -0.142. The molecule has 1 atom stereocenters. The lowest BCUT2D eigenvalue weighted by atomic mass is 9.96. The molecule has 0 aromatic carbocycles. The first-order valence-electron chi connectivity index (χ1n) is 4.83. The Hall–Kier alpha value is -0.560. The number of carbonyl (C=O) groups is 1. The van der Waals surface area contributed by atoms with Crippen LogP contribution < -0.4 is 11.2 Å². The summed E-state index contributed by atoms with van der Waals surface area (Å²) in [6.45, 7) is 3.69. The second-order valence-corrected chi connectivity index (χ2v) is 3.76. The summed E-state index contributed by atoms with van der Waals surface area (Å²) in [5.74, 6) is -0.539. The van der Waals surface area contributed by atoms with E-state index in [4.69, 9.17) is 16.0 Å². The van der Waals surface area contributed by atoms with Gasteiger partial charge in [0.05, 0.1) is 0 Å². The van der Waals surface area contributed by atoms with Crippen molar-refractivity contribution in [1.82, 2.24) is 5.48 Å². The molecule has 104 valence electrons. The molecule has 0 spiro atoms. The van der Waals surface area contributed by atoms with E-state index in [1.807, 2.05) is 5.48 Å². The molecule has 0 aromatic heterocycles. The van der Waals surface area contributed by atoms with Gasteiger partial charge in [0.15, 0.2) is 0 Å². The number of hydroxylamine groups is 1. The number of amidine groups is 1. The number of aliphatic carboxylic acids is 1. The Morgan fingerprint density at radius 3 is 2.35 bits per heavy atom. The fourth-order valence-electron chi connectivity index (χ4n) is 0.993. The lowest BCUT2D eigenvalue weighted by Gasteiger charge is -2.18. The Balaban J connectivity index is -0.000000980. The van der Waals surface area contributed by atoms with Crippen LogP contribution in [0.2, 0.25) is 0 Å². The summed E-state index contributed by atoms with van der Waals surface area (Å²) in [6.07, 6.45) is 1.87. The van der Waals surface area contributed by atoms with Gasteiger partial charge >= 0.3 is 5.97 Å². The minimum atomic E-state index is -1.16. The van der Waals surface area contributed by atoms with Crippen molar-refractivity contribution in [3.8, 4) is 0 Å². The van der Waals surface area contributed by atoms with Crippen molar-refractivity contribution in [2.45, 2.75) is 38.6 Å². The van der Waals surface area contributed by atoms with Crippen molar-refractivity contribution in [2.75, 3.05) is 6.54 Å². The molecular formula is C9H21Cl2N3O3. The number of nitrogens with zero attached hydrogens (tertiary/aromatic N) is 1. The second-order valence-electron chi connectivity index (χ2n) is 3.76. The van der Waals surface area contributed by atoms with Gasteiger partial charge in [-0.05, 0) is 33.1 Å². The number of carboxylic acids is 1. The average Bonchev–Trinajstić information content (AvgIpc) is 2.16. The summed E-state index contributed by atoms with van der Waals surface area (Å²) in [5, 5.41) is 17.1. The van der Waals surface area contributed by atoms with Crippen molar-refractivity contribution in [2.24, 2.45) is 10.7 Å². The van der Waals surface area contributed by atoms with E-state index in [1.165, 1.54) is 6.92 Å². The number of hydrogen-bond acceptors (Lipinski definition) is 4. The van der Waals surface area contributed by atoms with Gasteiger partial charge in [-0.15, -0.1) is 24.8 Å². The number of nitrogens with one attached hydrogen (secondary N) is 1. The van der Waals surface area contributed by atoms with Crippen LogP contribution in [0.15, 0.2) is 4.99 Å².